The molecule has 6 heteroatoms. The van der Waals surface area contributed by atoms with Crippen LogP contribution in [-0.4, -0.2) is 34.7 Å². The zero-order valence-electron chi connectivity index (χ0n) is 14.1. The number of carbonyl (C=O) groups excluding carboxylic acids is 1. The molecule has 1 amide bonds. The van der Waals surface area contributed by atoms with Crippen LogP contribution in [0.2, 0.25) is 5.02 Å². The van der Waals surface area contributed by atoms with Gasteiger partial charge in [-0.2, -0.15) is 0 Å². The lowest BCUT2D eigenvalue weighted by Gasteiger charge is -2.45. The van der Waals surface area contributed by atoms with Crippen molar-refractivity contribution >= 4 is 17.5 Å². The van der Waals surface area contributed by atoms with Crippen LogP contribution in [0.25, 0.3) is 0 Å². The topological polar surface area (TPSA) is 55.6 Å². The second kappa shape index (κ2) is 6.57. The maximum Gasteiger partial charge on any atom is 0.229 e. The number of halogens is 1. The van der Waals surface area contributed by atoms with E-state index in [0.29, 0.717) is 29.6 Å². The predicted octanol–water partition coefficient (Wildman–Crippen LogP) is 3.56. The van der Waals surface area contributed by atoms with E-state index in [1.165, 1.54) is 0 Å². The Labute approximate surface area is 146 Å². The smallest absolute Gasteiger partial charge is 0.229 e. The van der Waals surface area contributed by atoms with Crippen LogP contribution >= 0.6 is 11.6 Å². The number of morpholine rings is 1. The van der Waals surface area contributed by atoms with Crippen molar-refractivity contribution < 1.29 is 14.1 Å². The number of benzene rings is 1. The molecule has 128 valence electrons. The zero-order valence-corrected chi connectivity index (χ0v) is 14.8. The summed E-state index contributed by atoms with van der Waals surface area (Å²) in [5, 5.41) is 4.57. The van der Waals surface area contributed by atoms with E-state index in [0.717, 1.165) is 5.56 Å². The summed E-state index contributed by atoms with van der Waals surface area (Å²) in [6, 6.07) is 9.37. The van der Waals surface area contributed by atoms with Gasteiger partial charge in [0, 0.05) is 16.7 Å². The number of carbonyl (C=O) groups is 1. The van der Waals surface area contributed by atoms with Gasteiger partial charge in [0.1, 0.15) is 11.9 Å². The molecule has 1 aromatic heterocycles. The van der Waals surface area contributed by atoms with Crippen molar-refractivity contribution in [1.29, 1.82) is 0 Å². The standard InChI is InChI=1S/C18H21ClN2O3/c1-12-8-13(20-24-12)9-17(22)21-10-16(23-11-18(21,2)3)14-6-4-5-7-15(14)19/h4-8,16H,9-11H2,1-3H3/t16-/m1/s1. The molecule has 1 fully saturated rings. The Morgan fingerprint density at radius 2 is 2.17 bits per heavy atom. The van der Waals surface area contributed by atoms with Crippen molar-refractivity contribution in [1.82, 2.24) is 10.1 Å². The lowest BCUT2D eigenvalue weighted by atomic mass is 9.97. The summed E-state index contributed by atoms with van der Waals surface area (Å²) in [4.78, 5) is 14.7. The highest BCUT2D eigenvalue weighted by atomic mass is 35.5. The molecule has 1 aliphatic rings. The largest absolute Gasteiger partial charge is 0.369 e. The van der Waals surface area contributed by atoms with E-state index >= 15 is 0 Å². The number of aromatic nitrogens is 1. The van der Waals surface area contributed by atoms with Crippen LogP contribution in [0.4, 0.5) is 0 Å². The fourth-order valence-electron chi connectivity index (χ4n) is 2.96. The van der Waals surface area contributed by atoms with Gasteiger partial charge in [-0.25, -0.2) is 0 Å². The minimum Gasteiger partial charge on any atom is -0.369 e. The first-order valence-corrected chi connectivity index (χ1v) is 8.33. The summed E-state index contributed by atoms with van der Waals surface area (Å²) in [6.07, 6.45) is -0.00885. The molecule has 0 radical (unpaired) electrons. The van der Waals surface area contributed by atoms with Crippen molar-refractivity contribution in [2.24, 2.45) is 0 Å². The van der Waals surface area contributed by atoms with E-state index in [9.17, 15) is 4.79 Å². The van der Waals surface area contributed by atoms with E-state index in [1.54, 1.807) is 6.07 Å². The molecule has 1 atom stereocenters. The van der Waals surface area contributed by atoms with Crippen molar-refractivity contribution in [3.8, 4) is 0 Å². The summed E-state index contributed by atoms with van der Waals surface area (Å²) < 4.78 is 11.0. The summed E-state index contributed by atoms with van der Waals surface area (Å²) in [7, 11) is 0. The number of ether oxygens (including phenoxy) is 1. The highest BCUT2D eigenvalue weighted by Gasteiger charge is 2.39. The monoisotopic (exact) mass is 348 g/mol. The van der Waals surface area contributed by atoms with Gasteiger partial charge < -0.3 is 14.2 Å². The van der Waals surface area contributed by atoms with Crippen molar-refractivity contribution in [2.75, 3.05) is 13.2 Å². The number of amides is 1. The van der Waals surface area contributed by atoms with E-state index in [4.69, 9.17) is 20.9 Å². The van der Waals surface area contributed by atoms with Crippen LogP contribution in [0.1, 0.15) is 37.0 Å². The SMILES string of the molecule is Cc1cc(CC(=O)N2C[C@H](c3ccccc3Cl)OCC2(C)C)no1. The average molecular weight is 349 g/mol. The highest BCUT2D eigenvalue weighted by Crippen LogP contribution is 2.33. The molecule has 5 nitrogen and oxygen atoms in total. The normalized spacial score (nSPS) is 20.2. The van der Waals surface area contributed by atoms with Gasteiger partial charge in [-0.15, -0.1) is 0 Å². The Balaban J connectivity index is 1.79. The zero-order chi connectivity index (χ0) is 17.3. The molecule has 0 saturated carbocycles. The van der Waals surface area contributed by atoms with Crippen LogP contribution in [0, 0.1) is 6.92 Å². The fourth-order valence-corrected chi connectivity index (χ4v) is 3.22. The van der Waals surface area contributed by atoms with E-state index in [-0.39, 0.29) is 24.0 Å². The molecule has 2 heterocycles. The molecule has 2 aromatic rings. The molecule has 1 aliphatic heterocycles. The Morgan fingerprint density at radius 1 is 1.42 bits per heavy atom. The molecule has 0 unspecified atom stereocenters. The van der Waals surface area contributed by atoms with Gasteiger partial charge in [-0.3, -0.25) is 4.79 Å². The number of hydrogen-bond acceptors (Lipinski definition) is 4. The van der Waals surface area contributed by atoms with Crippen LogP contribution in [0.3, 0.4) is 0 Å². The molecule has 0 aliphatic carbocycles. The first-order chi connectivity index (χ1) is 11.4. The molecule has 0 spiro atoms. The molecule has 0 N–H and O–H groups in total. The lowest BCUT2D eigenvalue weighted by molar-refractivity contribution is -0.154. The number of aryl methyl sites for hydroxylation is 1. The highest BCUT2D eigenvalue weighted by molar-refractivity contribution is 6.31. The molecular weight excluding hydrogens is 328 g/mol. The van der Waals surface area contributed by atoms with Gasteiger partial charge in [-0.1, -0.05) is 35.0 Å². The molecule has 24 heavy (non-hydrogen) atoms. The molecule has 1 aromatic carbocycles. The Morgan fingerprint density at radius 3 is 2.83 bits per heavy atom. The van der Waals surface area contributed by atoms with Gasteiger partial charge in [0.2, 0.25) is 5.91 Å². The minimum atomic E-state index is -0.381. The third-order valence-corrected chi connectivity index (χ3v) is 4.62. The number of nitrogens with zero attached hydrogens (tertiary/aromatic N) is 2. The van der Waals surface area contributed by atoms with Crippen molar-refractivity contribution in [2.45, 2.75) is 38.8 Å². The number of hydrogen-bond donors (Lipinski definition) is 0. The third-order valence-electron chi connectivity index (χ3n) is 4.28. The van der Waals surface area contributed by atoms with Gasteiger partial charge >= 0.3 is 0 Å². The van der Waals surface area contributed by atoms with Crippen LogP contribution in [0.15, 0.2) is 34.9 Å². The quantitative estimate of drug-likeness (QED) is 0.851. The maximum absolute atomic E-state index is 12.8. The van der Waals surface area contributed by atoms with Gasteiger partial charge in [-0.05, 0) is 26.8 Å². The third kappa shape index (κ3) is 3.47. The molecule has 1 saturated heterocycles. The van der Waals surface area contributed by atoms with E-state index in [2.05, 4.69) is 5.16 Å². The van der Waals surface area contributed by atoms with Crippen LogP contribution in [0.5, 0.6) is 0 Å². The number of rotatable bonds is 3. The Bertz CT molecular complexity index is 741. The van der Waals surface area contributed by atoms with Gasteiger partial charge in [0.25, 0.3) is 0 Å². The summed E-state index contributed by atoms with van der Waals surface area (Å²) >= 11 is 6.28. The van der Waals surface area contributed by atoms with E-state index in [1.807, 2.05) is 49.9 Å². The van der Waals surface area contributed by atoms with Crippen LogP contribution < -0.4 is 0 Å². The van der Waals surface area contributed by atoms with Gasteiger partial charge in [0.05, 0.1) is 30.8 Å². The molecular formula is C18H21ClN2O3. The van der Waals surface area contributed by atoms with E-state index < -0.39 is 0 Å². The first-order valence-electron chi connectivity index (χ1n) is 7.95. The van der Waals surface area contributed by atoms with Crippen molar-refractivity contribution in [3.63, 3.8) is 0 Å². The summed E-state index contributed by atoms with van der Waals surface area (Å²) in [6.45, 7) is 6.73. The maximum atomic E-state index is 12.8. The second-order valence-electron chi connectivity index (χ2n) is 6.74. The Hall–Kier alpha value is -1.85. The van der Waals surface area contributed by atoms with Crippen molar-refractivity contribution in [3.05, 3.63) is 52.4 Å². The predicted molar refractivity (Wildman–Crippen MR) is 90.9 cm³/mol. The fraction of sp³-hybridized carbons (Fsp3) is 0.444. The first kappa shape index (κ1) is 17.0. The summed E-state index contributed by atoms with van der Waals surface area (Å²) in [5.41, 5.74) is 1.17. The molecule has 3 rings (SSSR count). The summed E-state index contributed by atoms with van der Waals surface area (Å²) in [5.74, 6) is 0.710. The van der Waals surface area contributed by atoms with Gasteiger partial charge in [0.15, 0.2) is 0 Å². The molecule has 0 bridgehead atoms. The lowest BCUT2D eigenvalue weighted by Crippen LogP contribution is -2.56. The second-order valence-corrected chi connectivity index (χ2v) is 7.15. The van der Waals surface area contributed by atoms with Crippen LogP contribution in [-0.2, 0) is 16.0 Å². The average Bonchev–Trinajstić information content (AvgIpc) is 2.93. The Kier molecular flexibility index (Phi) is 4.65. The minimum absolute atomic E-state index is 0.00801.